The van der Waals surface area contributed by atoms with Crippen LogP contribution in [0.1, 0.15) is 44.5 Å². The number of benzene rings is 9. The van der Waals surface area contributed by atoms with Crippen LogP contribution in [-0.4, -0.2) is 0 Å². The summed E-state index contributed by atoms with van der Waals surface area (Å²) in [6, 6.07) is 81.9. The number of anilines is 3. The molecule has 0 aromatic heterocycles. The summed E-state index contributed by atoms with van der Waals surface area (Å²) in [4.78, 5) is 2.34. The molecule has 11 rings (SSSR count). The second kappa shape index (κ2) is 13.4. The molecular formula is C56H38FN. The van der Waals surface area contributed by atoms with Crippen LogP contribution in [0.3, 0.4) is 0 Å². The van der Waals surface area contributed by atoms with E-state index in [1.54, 1.807) is 12.1 Å². The van der Waals surface area contributed by atoms with Gasteiger partial charge in [0.25, 0.3) is 0 Å². The zero-order valence-corrected chi connectivity index (χ0v) is 31.8. The Morgan fingerprint density at radius 1 is 0.310 bits per heavy atom. The SMILES string of the molecule is Fc1ccc(N(c2ccc3c(c2)C(c2ccccc2)(c2ccccc2)c2ccccc2-3)c2cccc3c2-c2ccccc2C3(c2ccccc2)c2ccccc2)cc1. The van der Waals surface area contributed by atoms with Gasteiger partial charge in [0, 0.05) is 16.9 Å². The van der Waals surface area contributed by atoms with E-state index in [9.17, 15) is 4.39 Å². The standard InChI is InChI=1S/C56H38FN/c57-43-32-34-44(35-33-43)58(45-36-37-47-46-26-13-15-28-49(46)56(52(47)38-45,41-22-9-3-10-23-41)42-24-11-4-12-25-42)53-31-17-30-51-54(53)48-27-14-16-29-50(48)55(51,39-18-5-1-6-19-39)40-20-7-2-8-21-40/h1-38H. The van der Waals surface area contributed by atoms with Crippen molar-refractivity contribution in [3.63, 3.8) is 0 Å². The number of nitrogens with zero attached hydrogens (tertiary/aromatic N) is 1. The van der Waals surface area contributed by atoms with Crippen molar-refractivity contribution in [2.75, 3.05) is 4.90 Å². The first-order chi connectivity index (χ1) is 28.7. The normalized spacial score (nSPS) is 13.9. The minimum atomic E-state index is -0.570. The predicted octanol–water partition coefficient (Wildman–Crippen LogP) is 14.0. The second-order valence-corrected chi connectivity index (χ2v) is 15.3. The van der Waals surface area contributed by atoms with Crippen molar-refractivity contribution in [3.05, 3.63) is 281 Å². The summed E-state index contributed by atoms with van der Waals surface area (Å²) < 4.78 is 14.8. The second-order valence-electron chi connectivity index (χ2n) is 15.3. The summed E-state index contributed by atoms with van der Waals surface area (Å²) >= 11 is 0. The quantitative estimate of drug-likeness (QED) is 0.157. The fourth-order valence-electron chi connectivity index (χ4n) is 10.2. The molecule has 9 aromatic rings. The van der Waals surface area contributed by atoms with Gasteiger partial charge in [-0.2, -0.15) is 0 Å². The summed E-state index contributed by atoms with van der Waals surface area (Å²) in [7, 11) is 0. The first-order valence-electron chi connectivity index (χ1n) is 20.0. The molecule has 0 saturated carbocycles. The number of hydrogen-bond acceptors (Lipinski definition) is 1. The van der Waals surface area contributed by atoms with Crippen molar-refractivity contribution in [3.8, 4) is 22.3 Å². The molecule has 0 saturated heterocycles. The van der Waals surface area contributed by atoms with Crippen molar-refractivity contribution >= 4 is 17.1 Å². The minimum absolute atomic E-state index is 0.268. The highest BCUT2D eigenvalue weighted by Gasteiger charge is 2.48. The van der Waals surface area contributed by atoms with Crippen LogP contribution in [0.5, 0.6) is 0 Å². The van der Waals surface area contributed by atoms with Crippen LogP contribution in [-0.2, 0) is 10.8 Å². The fraction of sp³-hybridized carbons (Fsp3) is 0.0357. The van der Waals surface area contributed by atoms with E-state index in [1.807, 2.05) is 12.1 Å². The lowest BCUT2D eigenvalue weighted by molar-refractivity contribution is 0.628. The first kappa shape index (κ1) is 34.0. The van der Waals surface area contributed by atoms with Crippen molar-refractivity contribution in [1.82, 2.24) is 0 Å². The average Bonchev–Trinajstić information content (AvgIpc) is 3.77. The molecule has 0 radical (unpaired) electrons. The molecule has 0 aliphatic heterocycles. The van der Waals surface area contributed by atoms with Crippen LogP contribution in [0.2, 0.25) is 0 Å². The van der Waals surface area contributed by atoms with Gasteiger partial charge in [-0.3, -0.25) is 0 Å². The summed E-state index contributed by atoms with van der Waals surface area (Å²) in [6.07, 6.45) is 0. The molecule has 0 spiro atoms. The molecule has 2 aliphatic carbocycles. The number of hydrogen-bond donors (Lipinski definition) is 0. The summed E-state index contributed by atoms with van der Waals surface area (Å²) in [5, 5.41) is 0. The van der Waals surface area contributed by atoms with Gasteiger partial charge in [0.15, 0.2) is 0 Å². The number of fused-ring (bicyclic) bond motifs is 6. The van der Waals surface area contributed by atoms with E-state index in [1.165, 1.54) is 61.2 Å². The van der Waals surface area contributed by atoms with E-state index in [0.717, 1.165) is 22.6 Å². The maximum absolute atomic E-state index is 14.8. The van der Waals surface area contributed by atoms with E-state index in [2.05, 4.69) is 211 Å². The highest BCUT2D eigenvalue weighted by atomic mass is 19.1. The van der Waals surface area contributed by atoms with Crippen molar-refractivity contribution in [2.45, 2.75) is 10.8 Å². The Morgan fingerprint density at radius 2 is 0.724 bits per heavy atom. The molecule has 9 aromatic carbocycles. The van der Waals surface area contributed by atoms with Crippen LogP contribution in [0.25, 0.3) is 22.3 Å². The Hall–Kier alpha value is -7.29. The van der Waals surface area contributed by atoms with Crippen LogP contribution >= 0.6 is 0 Å². The smallest absolute Gasteiger partial charge is 0.123 e. The third-order valence-electron chi connectivity index (χ3n) is 12.5. The van der Waals surface area contributed by atoms with Gasteiger partial charge in [-0.05, 0) is 104 Å². The van der Waals surface area contributed by atoms with Gasteiger partial charge in [-0.25, -0.2) is 4.39 Å². The lowest BCUT2D eigenvalue weighted by atomic mass is 9.67. The number of rotatable bonds is 7. The molecule has 0 heterocycles. The van der Waals surface area contributed by atoms with Crippen molar-refractivity contribution in [2.24, 2.45) is 0 Å². The van der Waals surface area contributed by atoms with E-state index in [-0.39, 0.29) is 5.82 Å². The van der Waals surface area contributed by atoms with Gasteiger partial charge in [0.2, 0.25) is 0 Å². The van der Waals surface area contributed by atoms with Gasteiger partial charge >= 0.3 is 0 Å². The van der Waals surface area contributed by atoms with Gasteiger partial charge in [-0.15, -0.1) is 0 Å². The van der Waals surface area contributed by atoms with E-state index in [4.69, 9.17) is 0 Å². The summed E-state index contributed by atoms with van der Waals surface area (Å²) in [5.41, 5.74) is 16.3. The van der Waals surface area contributed by atoms with Gasteiger partial charge in [0.05, 0.1) is 16.5 Å². The van der Waals surface area contributed by atoms with Crippen LogP contribution in [0.15, 0.2) is 231 Å². The molecule has 2 heteroatoms. The topological polar surface area (TPSA) is 3.24 Å². The molecule has 0 unspecified atom stereocenters. The summed E-state index contributed by atoms with van der Waals surface area (Å²) in [6.45, 7) is 0. The van der Waals surface area contributed by atoms with E-state index in [0.29, 0.717) is 0 Å². The van der Waals surface area contributed by atoms with Crippen LogP contribution in [0.4, 0.5) is 21.5 Å². The third-order valence-corrected chi connectivity index (χ3v) is 12.5. The van der Waals surface area contributed by atoms with E-state index >= 15 is 0 Å². The number of halogens is 1. The molecule has 0 atom stereocenters. The highest BCUT2D eigenvalue weighted by molar-refractivity contribution is 5.98. The maximum Gasteiger partial charge on any atom is 0.123 e. The molecular weight excluding hydrogens is 706 g/mol. The lowest BCUT2D eigenvalue weighted by Gasteiger charge is -2.35. The minimum Gasteiger partial charge on any atom is -0.310 e. The average molecular weight is 744 g/mol. The Kier molecular flexibility index (Phi) is 7.87. The van der Waals surface area contributed by atoms with Crippen LogP contribution < -0.4 is 4.90 Å². The fourth-order valence-corrected chi connectivity index (χ4v) is 10.2. The Morgan fingerprint density at radius 3 is 1.28 bits per heavy atom. The van der Waals surface area contributed by atoms with E-state index < -0.39 is 10.8 Å². The molecule has 58 heavy (non-hydrogen) atoms. The largest absolute Gasteiger partial charge is 0.310 e. The first-order valence-corrected chi connectivity index (χ1v) is 20.0. The Balaban J connectivity index is 1.22. The molecule has 0 fully saturated rings. The lowest BCUT2D eigenvalue weighted by Crippen LogP contribution is -2.29. The molecule has 0 amide bonds. The van der Waals surface area contributed by atoms with Crippen molar-refractivity contribution in [1.29, 1.82) is 0 Å². The zero-order chi connectivity index (χ0) is 38.7. The predicted molar refractivity (Wildman–Crippen MR) is 236 cm³/mol. The Bertz CT molecular complexity index is 2860. The molecule has 0 bridgehead atoms. The van der Waals surface area contributed by atoms with Crippen molar-refractivity contribution < 1.29 is 4.39 Å². The maximum atomic E-state index is 14.8. The van der Waals surface area contributed by atoms with Crippen LogP contribution in [0, 0.1) is 5.82 Å². The zero-order valence-electron chi connectivity index (χ0n) is 31.8. The van der Waals surface area contributed by atoms with Gasteiger partial charge in [-0.1, -0.05) is 188 Å². The van der Waals surface area contributed by atoms with Gasteiger partial charge < -0.3 is 4.90 Å². The molecule has 1 nitrogen and oxygen atoms in total. The highest BCUT2D eigenvalue weighted by Crippen LogP contribution is 2.61. The molecule has 0 N–H and O–H groups in total. The molecule has 274 valence electrons. The Labute approximate surface area is 339 Å². The van der Waals surface area contributed by atoms with Gasteiger partial charge in [0.1, 0.15) is 5.82 Å². The monoisotopic (exact) mass is 743 g/mol. The summed E-state index contributed by atoms with van der Waals surface area (Å²) in [5.74, 6) is -0.268. The molecule has 2 aliphatic rings. The third kappa shape index (κ3) is 4.82.